The van der Waals surface area contributed by atoms with E-state index in [1.165, 1.54) is 0 Å². The van der Waals surface area contributed by atoms with E-state index in [4.69, 9.17) is 4.74 Å². The van der Waals surface area contributed by atoms with E-state index in [0.29, 0.717) is 6.61 Å². The third kappa shape index (κ3) is 2.10. The number of phenolic OH excluding ortho intramolecular Hbond substituents is 1. The summed E-state index contributed by atoms with van der Waals surface area (Å²) in [5.41, 5.74) is 2.12. The first-order valence-electron chi connectivity index (χ1n) is 6.74. The van der Waals surface area contributed by atoms with Crippen molar-refractivity contribution in [1.29, 1.82) is 0 Å². The van der Waals surface area contributed by atoms with Gasteiger partial charge in [0.1, 0.15) is 11.5 Å². The van der Waals surface area contributed by atoms with Crippen molar-refractivity contribution in [3.63, 3.8) is 0 Å². The molecule has 0 aliphatic carbocycles. The predicted molar refractivity (Wildman–Crippen MR) is 82.2 cm³/mol. The Morgan fingerprint density at radius 1 is 0.900 bits per heavy atom. The minimum atomic E-state index is 0.253. The van der Waals surface area contributed by atoms with E-state index in [1.807, 2.05) is 49.4 Å². The Kier molecular flexibility index (Phi) is 3.30. The molecule has 0 aliphatic rings. The molecule has 3 rings (SSSR count). The normalized spacial score (nSPS) is 10.7. The van der Waals surface area contributed by atoms with Gasteiger partial charge in [0.25, 0.3) is 0 Å². The molecule has 0 aliphatic heterocycles. The smallest absolute Gasteiger partial charge is 0.131 e. The first kappa shape index (κ1) is 12.5. The third-order valence-corrected chi connectivity index (χ3v) is 3.35. The summed E-state index contributed by atoms with van der Waals surface area (Å²) in [6.07, 6.45) is 0. The predicted octanol–water partition coefficient (Wildman–Crippen LogP) is 4.61. The Bertz CT molecular complexity index is 733. The van der Waals surface area contributed by atoms with E-state index in [0.717, 1.165) is 27.6 Å². The Balaban J connectivity index is 2.37. The second kappa shape index (κ2) is 5.25. The van der Waals surface area contributed by atoms with E-state index in [1.54, 1.807) is 6.07 Å². The quantitative estimate of drug-likeness (QED) is 0.748. The van der Waals surface area contributed by atoms with Crippen LogP contribution in [0.3, 0.4) is 0 Å². The highest BCUT2D eigenvalue weighted by Gasteiger charge is 2.13. The minimum absolute atomic E-state index is 0.253. The van der Waals surface area contributed by atoms with Gasteiger partial charge in [-0.2, -0.15) is 0 Å². The molecule has 0 spiro atoms. The average molecular weight is 264 g/mol. The molecule has 0 heterocycles. The first-order chi connectivity index (χ1) is 9.81. The number of phenols is 1. The Hall–Kier alpha value is -2.48. The summed E-state index contributed by atoms with van der Waals surface area (Å²) in [4.78, 5) is 0. The van der Waals surface area contributed by atoms with Crippen molar-refractivity contribution < 1.29 is 9.84 Å². The molecule has 2 nitrogen and oxygen atoms in total. The maximum atomic E-state index is 10.2. The molecule has 0 aromatic heterocycles. The molecule has 1 N–H and O–H groups in total. The molecule has 0 atom stereocenters. The SMILES string of the molecule is CCOc1cc(O)c2ccccc2c1-c1ccccc1. The maximum absolute atomic E-state index is 10.2. The topological polar surface area (TPSA) is 29.5 Å². The summed E-state index contributed by atoms with van der Waals surface area (Å²) in [6.45, 7) is 2.51. The zero-order chi connectivity index (χ0) is 13.9. The summed E-state index contributed by atoms with van der Waals surface area (Å²) in [5, 5.41) is 12.0. The highest BCUT2D eigenvalue weighted by molar-refractivity contribution is 6.02. The van der Waals surface area contributed by atoms with Gasteiger partial charge in [0.05, 0.1) is 6.61 Å². The second-order valence-electron chi connectivity index (χ2n) is 4.61. The highest BCUT2D eigenvalue weighted by atomic mass is 16.5. The van der Waals surface area contributed by atoms with Crippen molar-refractivity contribution in [2.45, 2.75) is 6.92 Å². The number of benzene rings is 3. The van der Waals surface area contributed by atoms with Gasteiger partial charge in [-0.15, -0.1) is 0 Å². The maximum Gasteiger partial charge on any atom is 0.131 e. The molecule has 3 aromatic rings. The zero-order valence-corrected chi connectivity index (χ0v) is 11.3. The lowest BCUT2D eigenvalue weighted by atomic mass is 9.96. The van der Waals surface area contributed by atoms with Gasteiger partial charge in [-0.05, 0) is 17.9 Å². The van der Waals surface area contributed by atoms with Gasteiger partial charge in [0.15, 0.2) is 0 Å². The van der Waals surface area contributed by atoms with E-state index < -0.39 is 0 Å². The van der Waals surface area contributed by atoms with Crippen LogP contribution < -0.4 is 4.74 Å². The monoisotopic (exact) mass is 264 g/mol. The fourth-order valence-electron chi connectivity index (χ4n) is 2.50. The summed E-state index contributed by atoms with van der Waals surface area (Å²) >= 11 is 0. The number of fused-ring (bicyclic) bond motifs is 1. The number of aromatic hydroxyl groups is 1. The molecule has 0 fully saturated rings. The molecule has 0 unspecified atom stereocenters. The van der Waals surface area contributed by atoms with E-state index in [-0.39, 0.29) is 5.75 Å². The summed E-state index contributed by atoms with van der Waals surface area (Å²) < 4.78 is 5.72. The van der Waals surface area contributed by atoms with Crippen molar-refractivity contribution in [3.8, 4) is 22.6 Å². The lowest BCUT2D eigenvalue weighted by molar-refractivity contribution is 0.340. The second-order valence-corrected chi connectivity index (χ2v) is 4.61. The van der Waals surface area contributed by atoms with Crippen molar-refractivity contribution in [2.24, 2.45) is 0 Å². The zero-order valence-electron chi connectivity index (χ0n) is 11.3. The summed E-state index contributed by atoms with van der Waals surface area (Å²) in [7, 11) is 0. The lowest BCUT2D eigenvalue weighted by Gasteiger charge is -2.15. The number of hydrogen-bond acceptors (Lipinski definition) is 2. The Morgan fingerprint density at radius 2 is 1.55 bits per heavy atom. The molecule has 0 saturated heterocycles. The first-order valence-corrected chi connectivity index (χ1v) is 6.74. The Morgan fingerprint density at radius 3 is 2.25 bits per heavy atom. The standard InChI is InChI=1S/C18H16O2/c1-2-20-17-12-16(19)14-10-6-7-11-15(14)18(17)13-8-4-3-5-9-13/h3-12,19H,2H2,1H3. The van der Waals surface area contributed by atoms with E-state index in [2.05, 4.69) is 12.1 Å². The molecule has 100 valence electrons. The molecule has 20 heavy (non-hydrogen) atoms. The summed E-state index contributed by atoms with van der Waals surface area (Å²) in [5.74, 6) is 0.971. The largest absolute Gasteiger partial charge is 0.507 e. The van der Waals surface area contributed by atoms with Crippen LogP contribution in [0.25, 0.3) is 21.9 Å². The van der Waals surface area contributed by atoms with Gasteiger partial charge in [-0.3, -0.25) is 0 Å². The molecule has 3 aromatic carbocycles. The van der Waals surface area contributed by atoms with Crippen LogP contribution in [-0.4, -0.2) is 11.7 Å². The summed E-state index contributed by atoms with van der Waals surface area (Å²) in [6, 6.07) is 19.7. The van der Waals surface area contributed by atoms with Crippen molar-refractivity contribution in [3.05, 3.63) is 60.7 Å². The molecule has 0 amide bonds. The van der Waals surface area contributed by atoms with Gasteiger partial charge in [-0.25, -0.2) is 0 Å². The number of ether oxygens (including phenoxy) is 1. The van der Waals surface area contributed by atoms with Gasteiger partial charge >= 0.3 is 0 Å². The lowest BCUT2D eigenvalue weighted by Crippen LogP contribution is -1.95. The molecular formula is C18H16O2. The van der Waals surface area contributed by atoms with Crippen LogP contribution in [0.2, 0.25) is 0 Å². The van der Waals surface area contributed by atoms with Crippen LogP contribution in [0.5, 0.6) is 11.5 Å². The van der Waals surface area contributed by atoms with Gasteiger partial charge in [-0.1, -0.05) is 54.6 Å². The Labute approximate surface area is 118 Å². The third-order valence-electron chi connectivity index (χ3n) is 3.35. The van der Waals surface area contributed by atoms with Crippen LogP contribution in [0, 0.1) is 0 Å². The molecule has 0 radical (unpaired) electrons. The fourth-order valence-corrected chi connectivity index (χ4v) is 2.50. The fraction of sp³-hybridized carbons (Fsp3) is 0.111. The van der Waals surface area contributed by atoms with E-state index in [9.17, 15) is 5.11 Å². The van der Waals surface area contributed by atoms with Crippen LogP contribution >= 0.6 is 0 Å². The molecule has 0 saturated carbocycles. The minimum Gasteiger partial charge on any atom is -0.507 e. The van der Waals surface area contributed by atoms with Crippen molar-refractivity contribution in [2.75, 3.05) is 6.61 Å². The van der Waals surface area contributed by atoms with Gasteiger partial charge in [0.2, 0.25) is 0 Å². The van der Waals surface area contributed by atoms with Gasteiger partial charge in [0, 0.05) is 17.0 Å². The number of rotatable bonds is 3. The average Bonchev–Trinajstić information content (AvgIpc) is 2.49. The van der Waals surface area contributed by atoms with Crippen LogP contribution in [0.15, 0.2) is 60.7 Å². The van der Waals surface area contributed by atoms with Crippen molar-refractivity contribution in [1.82, 2.24) is 0 Å². The van der Waals surface area contributed by atoms with Crippen molar-refractivity contribution >= 4 is 10.8 Å². The van der Waals surface area contributed by atoms with E-state index >= 15 is 0 Å². The van der Waals surface area contributed by atoms with Gasteiger partial charge < -0.3 is 9.84 Å². The number of hydrogen-bond donors (Lipinski definition) is 1. The molecule has 2 heteroatoms. The molecule has 0 bridgehead atoms. The van der Waals surface area contributed by atoms with Crippen LogP contribution in [-0.2, 0) is 0 Å². The molecular weight excluding hydrogens is 248 g/mol. The van der Waals surface area contributed by atoms with Crippen LogP contribution in [0.4, 0.5) is 0 Å². The highest BCUT2D eigenvalue weighted by Crippen LogP contribution is 2.41. The van der Waals surface area contributed by atoms with Crippen LogP contribution in [0.1, 0.15) is 6.92 Å².